The lowest BCUT2D eigenvalue weighted by atomic mass is 10.3. The van der Waals surface area contributed by atoms with Crippen LogP contribution in [0.4, 0.5) is 5.69 Å². The standard InChI is InChI=1S/C11H8N4O2/c16-11(9-2-1-3-17-9)15-8-5-12-4-7-10(8)14-6-13-7/h1-6H,(H,13,14)(H,15,16). The zero-order valence-corrected chi connectivity index (χ0v) is 8.68. The van der Waals surface area contributed by atoms with Crippen LogP contribution in [0.3, 0.4) is 0 Å². The molecule has 6 heteroatoms. The first-order valence-corrected chi connectivity index (χ1v) is 4.96. The van der Waals surface area contributed by atoms with Crippen molar-refractivity contribution in [3.63, 3.8) is 0 Å². The second-order valence-corrected chi connectivity index (χ2v) is 3.42. The Hall–Kier alpha value is -2.63. The van der Waals surface area contributed by atoms with Gasteiger partial charge in [-0.15, -0.1) is 0 Å². The Balaban J connectivity index is 1.95. The molecule has 2 N–H and O–H groups in total. The molecule has 3 aromatic rings. The van der Waals surface area contributed by atoms with Crippen LogP contribution in [0.15, 0.2) is 41.5 Å². The molecule has 0 saturated heterocycles. The third-order valence-electron chi connectivity index (χ3n) is 2.32. The molecule has 0 unspecified atom stereocenters. The molecule has 1 amide bonds. The number of carbonyl (C=O) groups excluding carboxylic acids is 1. The number of fused-ring (bicyclic) bond motifs is 1. The zero-order valence-electron chi connectivity index (χ0n) is 8.68. The number of amides is 1. The number of hydrogen-bond donors (Lipinski definition) is 2. The van der Waals surface area contributed by atoms with Gasteiger partial charge in [-0.25, -0.2) is 4.98 Å². The first kappa shape index (κ1) is 9.59. The monoisotopic (exact) mass is 228 g/mol. The van der Waals surface area contributed by atoms with E-state index in [4.69, 9.17) is 4.42 Å². The Morgan fingerprint density at radius 2 is 2.35 bits per heavy atom. The number of imidazole rings is 1. The summed E-state index contributed by atoms with van der Waals surface area (Å²) in [5, 5.41) is 2.70. The van der Waals surface area contributed by atoms with E-state index in [1.54, 1.807) is 30.9 Å². The van der Waals surface area contributed by atoms with E-state index >= 15 is 0 Å². The van der Waals surface area contributed by atoms with E-state index in [0.29, 0.717) is 11.2 Å². The summed E-state index contributed by atoms with van der Waals surface area (Å²) in [5.41, 5.74) is 1.98. The van der Waals surface area contributed by atoms with Crippen molar-refractivity contribution in [2.45, 2.75) is 0 Å². The summed E-state index contributed by atoms with van der Waals surface area (Å²) in [7, 11) is 0. The molecule has 6 nitrogen and oxygen atoms in total. The minimum Gasteiger partial charge on any atom is -0.459 e. The van der Waals surface area contributed by atoms with E-state index in [1.807, 2.05) is 0 Å². The van der Waals surface area contributed by atoms with Crippen LogP contribution < -0.4 is 5.32 Å². The fourth-order valence-electron chi connectivity index (χ4n) is 1.55. The minimum absolute atomic E-state index is 0.248. The van der Waals surface area contributed by atoms with Gasteiger partial charge in [-0.3, -0.25) is 9.78 Å². The second kappa shape index (κ2) is 3.75. The van der Waals surface area contributed by atoms with E-state index in [-0.39, 0.29) is 11.7 Å². The number of nitrogens with zero attached hydrogens (tertiary/aromatic N) is 2. The molecule has 3 heterocycles. The summed E-state index contributed by atoms with van der Waals surface area (Å²) in [6.45, 7) is 0. The Morgan fingerprint density at radius 1 is 1.41 bits per heavy atom. The highest BCUT2D eigenvalue weighted by Crippen LogP contribution is 2.18. The van der Waals surface area contributed by atoms with Gasteiger partial charge in [-0.2, -0.15) is 0 Å². The summed E-state index contributed by atoms with van der Waals surface area (Å²) < 4.78 is 5.00. The number of nitrogens with one attached hydrogen (secondary N) is 2. The molecule has 0 aliphatic carbocycles. The average Bonchev–Trinajstić information content (AvgIpc) is 3.00. The van der Waals surface area contributed by atoms with Crippen LogP contribution in [0, 0.1) is 0 Å². The van der Waals surface area contributed by atoms with Gasteiger partial charge in [0.15, 0.2) is 5.76 Å². The molecule has 3 rings (SSSR count). The van der Waals surface area contributed by atoms with Crippen LogP contribution in [-0.2, 0) is 0 Å². The summed E-state index contributed by atoms with van der Waals surface area (Å²) >= 11 is 0. The highest BCUT2D eigenvalue weighted by Gasteiger charge is 2.11. The fourth-order valence-corrected chi connectivity index (χ4v) is 1.55. The maximum absolute atomic E-state index is 11.8. The molecule has 0 radical (unpaired) electrons. The fraction of sp³-hybridized carbons (Fsp3) is 0. The summed E-state index contributed by atoms with van der Waals surface area (Å²) in [6.07, 6.45) is 6.19. The second-order valence-electron chi connectivity index (χ2n) is 3.42. The minimum atomic E-state index is -0.327. The van der Waals surface area contributed by atoms with Gasteiger partial charge in [-0.1, -0.05) is 0 Å². The van der Waals surface area contributed by atoms with E-state index in [1.165, 1.54) is 6.26 Å². The Bertz CT molecular complexity index is 657. The molecular formula is C11H8N4O2. The molecule has 84 valence electrons. The Kier molecular flexibility index (Phi) is 2.11. The number of carbonyl (C=O) groups is 1. The molecule has 0 aromatic carbocycles. The van der Waals surface area contributed by atoms with E-state index in [9.17, 15) is 4.79 Å². The van der Waals surface area contributed by atoms with Gasteiger partial charge >= 0.3 is 0 Å². The van der Waals surface area contributed by atoms with Crippen molar-refractivity contribution in [2.75, 3.05) is 5.32 Å². The van der Waals surface area contributed by atoms with Crippen molar-refractivity contribution >= 4 is 22.6 Å². The van der Waals surface area contributed by atoms with Gasteiger partial charge in [0.1, 0.15) is 5.52 Å². The van der Waals surface area contributed by atoms with Crippen molar-refractivity contribution in [3.8, 4) is 0 Å². The molecule has 0 atom stereocenters. The van der Waals surface area contributed by atoms with Gasteiger partial charge in [0.2, 0.25) is 0 Å². The normalized spacial score (nSPS) is 10.6. The number of hydrogen-bond acceptors (Lipinski definition) is 4. The predicted molar refractivity (Wildman–Crippen MR) is 60.5 cm³/mol. The van der Waals surface area contributed by atoms with Crippen molar-refractivity contribution < 1.29 is 9.21 Å². The molecule has 0 spiro atoms. The summed E-state index contributed by atoms with van der Waals surface area (Å²) in [6, 6.07) is 3.25. The zero-order chi connectivity index (χ0) is 11.7. The van der Waals surface area contributed by atoms with Crippen molar-refractivity contribution in [3.05, 3.63) is 42.9 Å². The van der Waals surface area contributed by atoms with Crippen LogP contribution in [0.25, 0.3) is 11.0 Å². The maximum Gasteiger partial charge on any atom is 0.291 e. The van der Waals surface area contributed by atoms with Crippen LogP contribution >= 0.6 is 0 Å². The van der Waals surface area contributed by atoms with Gasteiger partial charge in [0.05, 0.1) is 36.2 Å². The number of anilines is 1. The quantitative estimate of drug-likeness (QED) is 0.700. The molecule has 3 aromatic heterocycles. The van der Waals surface area contributed by atoms with Crippen LogP contribution in [-0.4, -0.2) is 20.9 Å². The number of rotatable bonds is 2. The van der Waals surface area contributed by atoms with Crippen molar-refractivity contribution in [1.29, 1.82) is 0 Å². The third kappa shape index (κ3) is 1.65. The van der Waals surface area contributed by atoms with Crippen LogP contribution in [0.2, 0.25) is 0 Å². The third-order valence-corrected chi connectivity index (χ3v) is 2.32. The Morgan fingerprint density at radius 3 is 3.18 bits per heavy atom. The topological polar surface area (TPSA) is 83.8 Å². The summed E-state index contributed by atoms with van der Waals surface area (Å²) in [4.78, 5) is 22.8. The van der Waals surface area contributed by atoms with Gasteiger partial charge < -0.3 is 14.7 Å². The predicted octanol–water partition coefficient (Wildman–Crippen LogP) is 1.80. The number of pyridine rings is 1. The average molecular weight is 228 g/mol. The van der Waals surface area contributed by atoms with E-state index in [2.05, 4.69) is 20.3 Å². The van der Waals surface area contributed by atoms with Gasteiger partial charge in [0, 0.05) is 0 Å². The smallest absolute Gasteiger partial charge is 0.291 e. The number of H-pyrrole nitrogens is 1. The maximum atomic E-state index is 11.8. The lowest BCUT2D eigenvalue weighted by Crippen LogP contribution is -2.11. The molecular weight excluding hydrogens is 220 g/mol. The first-order chi connectivity index (χ1) is 8.34. The molecule has 0 fully saturated rings. The van der Waals surface area contributed by atoms with Crippen molar-refractivity contribution in [2.24, 2.45) is 0 Å². The van der Waals surface area contributed by atoms with Crippen LogP contribution in [0.1, 0.15) is 10.6 Å². The molecule has 0 saturated carbocycles. The van der Waals surface area contributed by atoms with E-state index in [0.717, 1.165) is 5.52 Å². The lowest BCUT2D eigenvalue weighted by Gasteiger charge is -2.02. The van der Waals surface area contributed by atoms with Crippen LogP contribution in [0.5, 0.6) is 0 Å². The lowest BCUT2D eigenvalue weighted by molar-refractivity contribution is 0.0997. The Labute approximate surface area is 95.7 Å². The molecule has 0 bridgehead atoms. The first-order valence-electron chi connectivity index (χ1n) is 4.96. The molecule has 17 heavy (non-hydrogen) atoms. The molecule has 0 aliphatic heterocycles. The SMILES string of the molecule is O=C(Nc1cncc2[nH]cnc12)c1ccco1. The van der Waals surface area contributed by atoms with Crippen molar-refractivity contribution in [1.82, 2.24) is 15.0 Å². The summed E-state index contributed by atoms with van der Waals surface area (Å²) in [5.74, 6) is -0.0789. The molecule has 0 aliphatic rings. The van der Waals surface area contributed by atoms with Gasteiger partial charge in [0.25, 0.3) is 5.91 Å². The number of aromatic amines is 1. The number of aromatic nitrogens is 3. The highest BCUT2D eigenvalue weighted by molar-refractivity contribution is 6.06. The highest BCUT2D eigenvalue weighted by atomic mass is 16.3. The van der Waals surface area contributed by atoms with Gasteiger partial charge in [-0.05, 0) is 12.1 Å². The van der Waals surface area contributed by atoms with E-state index < -0.39 is 0 Å². The largest absolute Gasteiger partial charge is 0.459 e. The number of furan rings is 1.